The molecule has 0 aromatic heterocycles. The molecule has 25 heavy (non-hydrogen) atoms. The molecule has 0 saturated carbocycles. The second-order valence-electron chi connectivity index (χ2n) is 6.58. The van der Waals surface area contributed by atoms with E-state index in [-0.39, 0.29) is 5.92 Å². The lowest BCUT2D eigenvalue weighted by atomic mass is 9.90. The van der Waals surface area contributed by atoms with Gasteiger partial charge >= 0.3 is 0 Å². The number of hydrogen-bond donors (Lipinski definition) is 1. The van der Waals surface area contributed by atoms with Gasteiger partial charge in [0.2, 0.25) is 0 Å². The summed E-state index contributed by atoms with van der Waals surface area (Å²) in [7, 11) is 0. The molecule has 0 bridgehead atoms. The summed E-state index contributed by atoms with van der Waals surface area (Å²) in [5.41, 5.74) is 1.16. The molecule has 1 N–H and O–H groups in total. The molecule has 2 atom stereocenters. The molecule has 2 nitrogen and oxygen atoms in total. The predicted molar refractivity (Wildman–Crippen MR) is 108 cm³/mol. The molecular weight excluding hydrogens is 351 g/mol. The van der Waals surface area contributed by atoms with Crippen LogP contribution in [0.15, 0.2) is 54.6 Å². The minimum atomic E-state index is 0.0773. The van der Waals surface area contributed by atoms with Gasteiger partial charge in [-0.1, -0.05) is 74.3 Å². The van der Waals surface area contributed by atoms with Gasteiger partial charge in [-0.15, -0.1) is 0 Å². The number of halogens is 2. The summed E-state index contributed by atoms with van der Waals surface area (Å²) in [5, 5.41) is 13.7. The molecule has 0 aliphatic carbocycles. The van der Waals surface area contributed by atoms with Gasteiger partial charge in [0.15, 0.2) is 0 Å². The number of benzene rings is 2. The van der Waals surface area contributed by atoms with Crippen molar-refractivity contribution in [2.24, 2.45) is 11.8 Å². The standard InChI is InChI=1S/C11H11ClN2.C6H5Cl.C4H10/c12-10-3-1-2-8(4-10)11-7-14-6-9(11)5-13;7-6-4-2-1-3-5-6;1-4(2)3/h1-4,9,11,14H,6-7H2;1-5H;4H,1-3H3. The van der Waals surface area contributed by atoms with Crippen molar-refractivity contribution in [2.75, 3.05) is 13.1 Å². The fourth-order valence-electron chi connectivity index (χ4n) is 2.32. The Bertz CT molecular complexity index is 648. The molecule has 2 unspecified atom stereocenters. The van der Waals surface area contributed by atoms with Gasteiger partial charge in [-0.25, -0.2) is 0 Å². The molecule has 1 saturated heterocycles. The van der Waals surface area contributed by atoms with Gasteiger partial charge in [0.05, 0.1) is 12.0 Å². The molecule has 1 aliphatic heterocycles. The Kier molecular flexibility index (Phi) is 10.3. The fraction of sp³-hybridized carbons (Fsp3) is 0.381. The van der Waals surface area contributed by atoms with E-state index in [9.17, 15) is 0 Å². The monoisotopic (exact) mass is 376 g/mol. The van der Waals surface area contributed by atoms with Crippen LogP contribution >= 0.6 is 23.2 Å². The maximum absolute atomic E-state index is 8.94. The van der Waals surface area contributed by atoms with Crippen LogP contribution in [0.5, 0.6) is 0 Å². The SMILES string of the molecule is CC(C)C.Clc1ccccc1.N#CC1CNCC1c1cccc(Cl)c1. The van der Waals surface area contributed by atoms with E-state index in [0.29, 0.717) is 5.92 Å². The summed E-state index contributed by atoms with van der Waals surface area (Å²) in [4.78, 5) is 0. The third-order valence-corrected chi connectivity index (χ3v) is 3.88. The Morgan fingerprint density at radius 3 is 2.04 bits per heavy atom. The Hall–Kier alpha value is -1.53. The minimum Gasteiger partial charge on any atom is -0.315 e. The summed E-state index contributed by atoms with van der Waals surface area (Å²) >= 11 is 11.5. The Balaban J connectivity index is 0.000000237. The zero-order chi connectivity index (χ0) is 18.7. The molecular formula is C21H26Cl2N2. The molecule has 1 heterocycles. The number of nitrogens with one attached hydrogen (secondary N) is 1. The van der Waals surface area contributed by atoms with E-state index in [2.05, 4.69) is 32.2 Å². The van der Waals surface area contributed by atoms with Crippen molar-refractivity contribution >= 4 is 23.2 Å². The molecule has 1 aliphatic rings. The zero-order valence-electron chi connectivity index (χ0n) is 15.0. The van der Waals surface area contributed by atoms with E-state index in [1.165, 1.54) is 0 Å². The van der Waals surface area contributed by atoms with Crippen LogP contribution in [0.3, 0.4) is 0 Å². The van der Waals surface area contributed by atoms with E-state index in [1.54, 1.807) is 0 Å². The molecule has 3 rings (SSSR count). The van der Waals surface area contributed by atoms with Gasteiger partial charge in [-0.2, -0.15) is 5.26 Å². The lowest BCUT2D eigenvalue weighted by Gasteiger charge is -2.12. The number of nitriles is 1. The minimum absolute atomic E-state index is 0.0773. The highest BCUT2D eigenvalue weighted by atomic mass is 35.5. The molecule has 2 aromatic carbocycles. The molecule has 0 radical (unpaired) electrons. The molecule has 0 amide bonds. The van der Waals surface area contributed by atoms with Crippen molar-refractivity contribution in [1.29, 1.82) is 5.26 Å². The van der Waals surface area contributed by atoms with Crippen LogP contribution in [0.2, 0.25) is 10.0 Å². The highest BCUT2D eigenvalue weighted by Gasteiger charge is 2.28. The summed E-state index contributed by atoms with van der Waals surface area (Å²) in [6.07, 6.45) is 0. The zero-order valence-corrected chi connectivity index (χ0v) is 16.6. The molecule has 2 aromatic rings. The average Bonchev–Trinajstić information content (AvgIpc) is 3.04. The van der Waals surface area contributed by atoms with Crippen LogP contribution in [0, 0.1) is 23.2 Å². The van der Waals surface area contributed by atoms with Crippen molar-refractivity contribution in [1.82, 2.24) is 5.32 Å². The number of rotatable bonds is 1. The number of hydrogen-bond acceptors (Lipinski definition) is 2. The predicted octanol–water partition coefficient (Wildman–Crippen LogP) is 6.17. The first-order valence-electron chi connectivity index (χ1n) is 8.50. The Morgan fingerprint density at radius 2 is 1.56 bits per heavy atom. The summed E-state index contributed by atoms with van der Waals surface area (Å²) in [5.74, 6) is 1.20. The lowest BCUT2D eigenvalue weighted by Crippen LogP contribution is -2.08. The van der Waals surface area contributed by atoms with Gasteiger partial charge in [-0.3, -0.25) is 0 Å². The molecule has 4 heteroatoms. The molecule has 134 valence electrons. The largest absolute Gasteiger partial charge is 0.315 e. The van der Waals surface area contributed by atoms with E-state index < -0.39 is 0 Å². The maximum atomic E-state index is 8.94. The van der Waals surface area contributed by atoms with Crippen LogP contribution in [0.4, 0.5) is 0 Å². The molecule has 1 fully saturated rings. The first kappa shape index (κ1) is 21.5. The van der Waals surface area contributed by atoms with Gasteiger partial charge in [-0.05, 0) is 35.7 Å². The lowest BCUT2D eigenvalue weighted by molar-refractivity contribution is 0.646. The van der Waals surface area contributed by atoms with Crippen molar-refractivity contribution in [2.45, 2.75) is 26.7 Å². The quantitative estimate of drug-likeness (QED) is 0.645. The second kappa shape index (κ2) is 11.9. The third-order valence-electron chi connectivity index (χ3n) is 3.39. The maximum Gasteiger partial charge on any atom is 0.0676 e. The van der Waals surface area contributed by atoms with E-state index in [1.807, 2.05) is 54.6 Å². The van der Waals surface area contributed by atoms with Gasteiger partial charge in [0.25, 0.3) is 0 Å². The van der Waals surface area contributed by atoms with Crippen molar-refractivity contribution in [3.8, 4) is 6.07 Å². The van der Waals surface area contributed by atoms with Gasteiger partial charge in [0.1, 0.15) is 0 Å². The topological polar surface area (TPSA) is 35.8 Å². The van der Waals surface area contributed by atoms with Crippen molar-refractivity contribution in [3.05, 3.63) is 70.2 Å². The normalized spacial score (nSPS) is 18.4. The average molecular weight is 377 g/mol. The van der Waals surface area contributed by atoms with Crippen LogP contribution in [0.1, 0.15) is 32.3 Å². The smallest absolute Gasteiger partial charge is 0.0676 e. The van der Waals surface area contributed by atoms with E-state index >= 15 is 0 Å². The fourth-order valence-corrected chi connectivity index (χ4v) is 2.66. The second-order valence-corrected chi connectivity index (χ2v) is 7.46. The van der Waals surface area contributed by atoms with E-state index in [4.69, 9.17) is 28.5 Å². The highest BCUT2D eigenvalue weighted by molar-refractivity contribution is 6.30. The number of nitrogens with zero attached hydrogens (tertiary/aromatic N) is 1. The molecule has 0 spiro atoms. The van der Waals surface area contributed by atoms with Crippen molar-refractivity contribution < 1.29 is 0 Å². The van der Waals surface area contributed by atoms with Crippen molar-refractivity contribution in [3.63, 3.8) is 0 Å². The summed E-state index contributed by atoms with van der Waals surface area (Å²) in [6.45, 7) is 8.16. The van der Waals surface area contributed by atoms with E-state index in [0.717, 1.165) is 34.6 Å². The van der Waals surface area contributed by atoms with Gasteiger partial charge in [0, 0.05) is 29.1 Å². The van der Waals surface area contributed by atoms with Gasteiger partial charge < -0.3 is 5.32 Å². The Morgan fingerprint density at radius 1 is 0.960 bits per heavy atom. The van der Waals surface area contributed by atoms with Crippen LogP contribution in [0.25, 0.3) is 0 Å². The first-order valence-corrected chi connectivity index (χ1v) is 9.26. The van der Waals surface area contributed by atoms with Crippen LogP contribution in [-0.2, 0) is 0 Å². The Labute approximate surface area is 161 Å². The third kappa shape index (κ3) is 8.93. The highest BCUT2D eigenvalue weighted by Crippen LogP contribution is 2.28. The first-order chi connectivity index (χ1) is 11.9. The van der Waals surface area contributed by atoms with Crippen LogP contribution < -0.4 is 5.32 Å². The summed E-state index contributed by atoms with van der Waals surface area (Å²) < 4.78 is 0. The van der Waals surface area contributed by atoms with Crippen LogP contribution in [-0.4, -0.2) is 13.1 Å². The summed E-state index contributed by atoms with van der Waals surface area (Å²) in [6, 6.07) is 19.5.